The van der Waals surface area contributed by atoms with Gasteiger partial charge in [-0.2, -0.15) is 0 Å². The molecule has 4 unspecified atom stereocenters. The molecule has 1 aromatic rings. The van der Waals surface area contributed by atoms with Crippen LogP contribution in [0.25, 0.3) is 0 Å². The summed E-state index contributed by atoms with van der Waals surface area (Å²) in [6, 6.07) is 0.689. The maximum absolute atomic E-state index is 4.20. The Bertz CT molecular complexity index is 362. The second-order valence-electron chi connectivity index (χ2n) is 5.24. The van der Waals surface area contributed by atoms with E-state index in [9.17, 15) is 0 Å². The summed E-state index contributed by atoms with van der Waals surface area (Å²) < 4.78 is 2.04. The van der Waals surface area contributed by atoms with E-state index in [1.165, 1.54) is 12.8 Å². The fourth-order valence-corrected chi connectivity index (χ4v) is 2.80. The molecule has 1 N–H and O–H groups in total. The Morgan fingerprint density at radius 2 is 2.18 bits per heavy atom. The Balaban J connectivity index is 2.19. The Morgan fingerprint density at radius 1 is 1.41 bits per heavy atom. The minimum Gasteiger partial charge on any atom is -0.308 e. The molecule has 1 saturated carbocycles. The van der Waals surface area contributed by atoms with E-state index >= 15 is 0 Å². The van der Waals surface area contributed by atoms with Crippen LogP contribution in [0.5, 0.6) is 0 Å². The molecule has 5 heteroatoms. The van der Waals surface area contributed by atoms with Crippen molar-refractivity contribution in [2.24, 2.45) is 11.8 Å². The normalized spacial score (nSPS) is 30.7. The molecule has 1 aliphatic rings. The first kappa shape index (κ1) is 12.5. The molecular formula is C12H23N5. The van der Waals surface area contributed by atoms with Crippen LogP contribution < -0.4 is 5.32 Å². The van der Waals surface area contributed by atoms with Crippen LogP contribution in [0, 0.1) is 11.8 Å². The molecule has 0 amide bonds. The largest absolute Gasteiger partial charge is 0.308 e. The van der Waals surface area contributed by atoms with E-state index in [0.29, 0.717) is 12.0 Å². The van der Waals surface area contributed by atoms with Crippen molar-refractivity contribution in [2.45, 2.75) is 52.6 Å². The first-order valence-corrected chi connectivity index (χ1v) is 6.66. The summed E-state index contributed by atoms with van der Waals surface area (Å²) in [4.78, 5) is 0. The van der Waals surface area contributed by atoms with E-state index in [1.54, 1.807) is 0 Å². The highest BCUT2D eigenvalue weighted by molar-refractivity contribution is 4.95. The maximum atomic E-state index is 4.20. The predicted octanol–water partition coefficient (Wildman–Crippen LogP) is 1.95. The molecule has 0 aliphatic heterocycles. The summed E-state index contributed by atoms with van der Waals surface area (Å²) in [5.74, 6) is 2.40. The molecule has 0 spiro atoms. The zero-order valence-electron chi connectivity index (χ0n) is 11.2. The lowest BCUT2D eigenvalue weighted by atomic mass is 9.98. The van der Waals surface area contributed by atoms with Crippen LogP contribution >= 0.6 is 0 Å². The molecular weight excluding hydrogens is 214 g/mol. The van der Waals surface area contributed by atoms with E-state index in [0.717, 1.165) is 18.3 Å². The van der Waals surface area contributed by atoms with Crippen LogP contribution in [0.15, 0.2) is 0 Å². The van der Waals surface area contributed by atoms with Gasteiger partial charge in [-0.05, 0) is 48.6 Å². The van der Waals surface area contributed by atoms with Crippen molar-refractivity contribution in [1.29, 1.82) is 0 Å². The van der Waals surface area contributed by atoms with Gasteiger partial charge >= 0.3 is 0 Å². The second kappa shape index (κ2) is 5.12. The number of aromatic nitrogens is 4. The molecule has 0 bridgehead atoms. The van der Waals surface area contributed by atoms with Crippen LogP contribution in [0.2, 0.25) is 0 Å². The molecule has 2 rings (SSSR count). The standard InChI is InChI=1S/C12H23N5/c1-5-13-10(4)12-14-15-16-17(12)11-7-6-8(2)9(11)3/h8-11,13H,5-7H2,1-4H3. The third kappa shape index (κ3) is 2.34. The summed E-state index contributed by atoms with van der Waals surface area (Å²) in [6.07, 6.45) is 2.47. The monoisotopic (exact) mass is 237 g/mol. The number of hydrogen-bond acceptors (Lipinski definition) is 4. The average Bonchev–Trinajstić information content (AvgIpc) is 2.88. The van der Waals surface area contributed by atoms with E-state index < -0.39 is 0 Å². The third-order valence-electron chi connectivity index (χ3n) is 4.15. The topological polar surface area (TPSA) is 55.6 Å². The summed E-state index contributed by atoms with van der Waals surface area (Å²) in [7, 11) is 0. The number of hydrogen-bond donors (Lipinski definition) is 1. The third-order valence-corrected chi connectivity index (χ3v) is 4.15. The molecule has 5 nitrogen and oxygen atoms in total. The Kier molecular flexibility index (Phi) is 3.76. The molecule has 96 valence electrons. The van der Waals surface area contributed by atoms with Crippen LogP contribution in [0.3, 0.4) is 0 Å². The average molecular weight is 237 g/mol. The van der Waals surface area contributed by atoms with Crippen molar-refractivity contribution >= 4 is 0 Å². The maximum Gasteiger partial charge on any atom is 0.168 e. The minimum absolute atomic E-state index is 0.220. The number of rotatable bonds is 4. The Morgan fingerprint density at radius 3 is 2.76 bits per heavy atom. The molecule has 0 radical (unpaired) electrons. The molecule has 1 aliphatic carbocycles. The first-order chi connectivity index (χ1) is 8.15. The summed E-state index contributed by atoms with van der Waals surface area (Å²) in [5.41, 5.74) is 0. The van der Waals surface area contributed by atoms with Crippen LogP contribution in [0.1, 0.15) is 58.4 Å². The smallest absolute Gasteiger partial charge is 0.168 e. The molecule has 1 aromatic heterocycles. The summed E-state index contributed by atoms with van der Waals surface area (Å²) >= 11 is 0. The quantitative estimate of drug-likeness (QED) is 0.869. The van der Waals surface area contributed by atoms with E-state index in [2.05, 4.69) is 48.5 Å². The SMILES string of the molecule is CCNC(C)c1nnnn1C1CCC(C)C1C. The van der Waals surface area contributed by atoms with Gasteiger partial charge in [0.05, 0.1) is 12.1 Å². The Labute approximate surface area is 103 Å². The van der Waals surface area contributed by atoms with Gasteiger partial charge in [0.25, 0.3) is 0 Å². The lowest BCUT2D eigenvalue weighted by molar-refractivity contribution is 0.311. The van der Waals surface area contributed by atoms with Crippen LogP contribution in [-0.2, 0) is 0 Å². The van der Waals surface area contributed by atoms with E-state index in [1.807, 2.05) is 4.68 Å². The number of tetrazole rings is 1. The zero-order valence-corrected chi connectivity index (χ0v) is 11.2. The fourth-order valence-electron chi connectivity index (χ4n) is 2.80. The lowest BCUT2D eigenvalue weighted by Crippen LogP contribution is -2.25. The van der Waals surface area contributed by atoms with Crippen molar-refractivity contribution in [3.8, 4) is 0 Å². The van der Waals surface area contributed by atoms with Gasteiger partial charge in [-0.15, -0.1) is 5.10 Å². The van der Waals surface area contributed by atoms with Gasteiger partial charge < -0.3 is 5.32 Å². The molecule has 1 heterocycles. The molecule has 1 fully saturated rings. The minimum atomic E-state index is 0.220. The van der Waals surface area contributed by atoms with Gasteiger partial charge in [-0.1, -0.05) is 20.8 Å². The van der Waals surface area contributed by atoms with Crippen molar-refractivity contribution in [1.82, 2.24) is 25.5 Å². The van der Waals surface area contributed by atoms with Crippen molar-refractivity contribution in [2.75, 3.05) is 6.54 Å². The van der Waals surface area contributed by atoms with Crippen molar-refractivity contribution in [3.05, 3.63) is 5.82 Å². The number of nitrogens with one attached hydrogen (secondary N) is 1. The van der Waals surface area contributed by atoms with Crippen LogP contribution in [-0.4, -0.2) is 26.8 Å². The van der Waals surface area contributed by atoms with Crippen LogP contribution in [0.4, 0.5) is 0 Å². The Hall–Kier alpha value is -0.970. The predicted molar refractivity (Wildman–Crippen MR) is 66.5 cm³/mol. The molecule has 0 saturated heterocycles. The molecule has 0 aromatic carbocycles. The highest BCUT2D eigenvalue weighted by atomic mass is 15.6. The van der Waals surface area contributed by atoms with Gasteiger partial charge in [0.2, 0.25) is 0 Å². The highest BCUT2D eigenvalue weighted by Crippen LogP contribution is 2.40. The molecule has 4 atom stereocenters. The van der Waals surface area contributed by atoms with Gasteiger partial charge in [-0.25, -0.2) is 4.68 Å². The van der Waals surface area contributed by atoms with E-state index in [-0.39, 0.29) is 6.04 Å². The molecule has 17 heavy (non-hydrogen) atoms. The van der Waals surface area contributed by atoms with Crippen molar-refractivity contribution < 1.29 is 0 Å². The lowest BCUT2D eigenvalue weighted by Gasteiger charge is -2.21. The fraction of sp³-hybridized carbons (Fsp3) is 0.917. The van der Waals surface area contributed by atoms with Gasteiger partial charge in [-0.3, -0.25) is 0 Å². The van der Waals surface area contributed by atoms with Crippen molar-refractivity contribution in [3.63, 3.8) is 0 Å². The first-order valence-electron chi connectivity index (χ1n) is 6.66. The highest BCUT2D eigenvalue weighted by Gasteiger charge is 2.34. The van der Waals surface area contributed by atoms with Gasteiger partial charge in [0, 0.05) is 0 Å². The van der Waals surface area contributed by atoms with Gasteiger partial charge in [0.15, 0.2) is 5.82 Å². The summed E-state index contributed by atoms with van der Waals surface area (Å²) in [5, 5.41) is 15.6. The van der Waals surface area contributed by atoms with Gasteiger partial charge in [0.1, 0.15) is 0 Å². The summed E-state index contributed by atoms with van der Waals surface area (Å²) in [6.45, 7) is 9.79. The van der Waals surface area contributed by atoms with E-state index in [4.69, 9.17) is 0 Å². The second-order valence-corrected chi connectivity index (χ2v) is 5.24. The zero-order chi connectivity index (χ0) is 12.4. The number of nitrogens with zero attached hydrogens (tertiary/aromatic N) is 4.